The normalized spacial score (nSPS) is 17.6. The number of carboxylic acid groups (broad SMARTS) is 1. The summed E-state index contributed by atoms with van der Waals surface area (Å²) in [6, 6.07) is 7.62. The fourth-order valence-corrected chi connectivity index (χ4v) is 3.29. The number of hydrogen-bond acceptors (Lipinski definition) is 2. The van der Waals surface area contributed by atoms with Crippen molar-refractivity contribution in [1.82, 2.24) is 9.78 Å². The molecular formula is C16H17ClN2O2. The average Bonchev–Trinajstić information content (AvgIpc) is 2.94. The summed E-state index contributed by atoms with van der Waals surface area (Å²) in [5.41, 5.74) is 1.04. The van der Waals surface area contributed by atoms with Crippen LogP contribution < -0.4 is 0 Å². The quantitative estimate of drug-likeness (QED) is 0.938. The fourth-order valence-electron chi connectivity index (χ4n) is 3.16. The summed E-state index contributed by atoms with van der Waals surface area (Å²) in [5.74, 6) is -0.711. The van der Waals surface area contributed by atoms with Crippen LogP contribution in [0.15, 0.2) is 36.7 Å². The van der Waals surface area contributed by atoms with Crippen LogP contribution in [0.4, 0.5) is 0 Å². The van der Waals surface area contributed by atoms with Crippen LogP contribution in [0.25, 0.3) is 5.69 Å². The Kier molecular flexibility index (Phi) is 3.72. The molecule has 1 aliphatic carbocycles. The molecule has 4 nitrogen and oxygen atoms in total. The van der Waals surface area contributed by atoms with E-state index in [2.05, 4.69) is 5.10 Å². The molecule has 0 radical (unpaired) electrons. The van der Waals surface area contributed by atoms with Gasteiger partial charge in [-0.1, -0.05) is 43.0 Å². The molecule has 0 bridgehead atoms. The second kappa shape index (κ2) is 5.53. The molecule has 2 aromatic rings. The van der Waals surface area contributed by atoms with E-state index in [0.29, 0.717) is 5.02 Å². The molecule has 0 aliphatic heterocycles. The number of benzene rings is 1. The van der Waals surface area contributed by atoms with Crippen molar-refractivity contribution in [3.63, 3.8) is 0 Å². The van der Waals surface area contributed by atoms with Gasteiger partial charge in [0.1, 0.15) is 0 Å². The summed E-state index contributed by atoms with van der Waals surface area (Å²) in [4.78, 5) is 11.8. The van der Waals surface area contributed by atoms with E-state index in [1.165, 1.54) is 0 Å². The molecule has 1 aliphatic rings. The molecule has 1 aromatic carbocycles. The van der Waals surface area contributed by atoms with Crippen molar-refractivity contribution >= 4 is 17.6 Å². The van der Waals surface area contributed by atoms with E-state index >= 15 is 0 Å². The number of rotatable bonds is 3. The Labute approximate surface area is 128 Å². The predicted molar refractivity (Wildman–Crippen MR) is 81.0 cm³/mol. The minimum Gasteiger partial charge on any atom is -0.481 e. The topological polar surface area (TPSA) is 55.1 Å². The lowest BCUT2D eigenvalue weighted by Crippen LogP contribution is -2.37. The van der Waals surface area contributed by atoms with Gasteiger partial charge in [0.25, 0.3) is 0 Å². The molecule has 0 atom stereocenters. The molecule has 1 fully saturated rings. The Bertz CT molecular complexity index is 643. The SMILES string of the molecule is O=C(O)C1(c2ccc(-n3cc(Cl)cn3)cc2)CCCCC1. The predicted octanol–water partition coefficient (Wildman–Crippen LogP) is 3.81. The Morgan fingerprint density at radius 3 is 2.38 bits per heavy atom. The zero-order chi connectivity index (χ0) is 14.9. The van der Waals surface area contributed by atoms with Crippen LogP contribution in [0.3, 0.4) is 0 Å². The first-order valence-corrected chi connectivity index (χ1v) is 7.54. The van der Waals surface area contributed by atoms with Crippen LogP contribution >= 0.6 is 11.6 Å². The highest BCUT2D eigenvalue weighted by Gasteiger charge is 2.41. The molecule has 0 saturated heterocycles. The third kappa shape index (κ3) is 2.56. The van der Waals surface area contributed by atoms with Gasteiger partial charge in [0.05, 0.1) is 22.3 Å². The van der Waals surface area contributed by atoms with Crippen molar-refractivity contribution in [3.8, 4) is 5.69 Å². The number of carboxylic acids is 1. The van der Waals surface area contributed by atoms with Crippen LogP contribution in [-0.4, -0.2) is 20.9 Å². The van der Waals surface area contributed by atoms with Crippen LogP contribution in [0.1, 0.15) is 37.7 Å². The molecule has 0 unspecified atom stereocenters. The highest BCUT2D eigenvalue weighted by molar-refractivity contribution is 6.30. The summed E-state index contributed by atoms with van der Waals surface area (Å²) < 4.78 is 1.68. The molecular weight excluding hydrogens is 288 g/mol. The van der Waals surface area contributed by atoms with E-state index in [4.69, 9.17) is 11.6 Å². The average molecular weight is 305 g/mol. The summed E-state index contributed by atoms with van der Waals surface area (Å²) in [5, 5.41) is 14.4. The summed E-state index contributed by atoms with van der Waals surface area (Å²) in [7, 11) is 0. The van der Waals surface area contributed by atoms with E-state index in [-0.39, 0.29) is 0 Å². The van der Waals surface area contributed by atoms with Gasteiger partial charge in [0.15, 0.2) is 0 Å². The van der Waals surface area contributed by atoms with Gasteiger partial charge in [0.2, 0.25) is 0 Å². The minimum absolute atomic E-state index is 0.577. The summed E-state index contributed by atoms with van der Waals surface area (Å²) in [6.07, 6.45) is 7.81. The largest absolute Gasteiger partial charge is 0.481 e. The van der Waals surface area contributed by atoms with Crippen LogP contribution in [0.2, 0.25) is 5.02 Å². The maximum Gasteiger partial charge on any atom is 0.314 e. The Morgan fingerprint density at radius 2 is 1.86 bits per heavy atom. The third-order valence-corrected chi connectivity index (χ3v) is 4.55. The van der Waals surface area contributed by atoms with Gasteiger partial charge in [-0.2, -0.15) is 5.10 Å². The fraction of sp³-hybridized carbons (Fsp3) is 0.375. The van der Waals surface area contributed by atoms with Crippen molar-refractivity contribution in [2.24, 2.45) is 0 Å². The number of nitrogens with zero attached hydrogens (tertiary/aromatic N) is 2. The minimum atomic E-state index is -0.724. The second-order valence-corrected chi connectivity index (χ2v) is 6.03. The number of hydrogen-bond donors (Lipinski definition) is 1. The molecule has 21 heavy (non-hydrogen) atoms. The maximum atomic E-state index is 11.8. The summed E-state index contributed by atoms with van der Waals surface area (Å²) >= 11 is 5.87. The Hall–Kier alpha value is -1.81. The first-order valence-electron chi connectivity index (χ1n) is 7.16. The second-order valence-electron chi connectivity index (χ2n) is 5.60. The number of aromatic nitrogens is 2. The van der Waals surface area contributed by atoms with Crippen molar-refractivity contribution in [1.29, 1.82) is 0 Å². The van der Waals surface area contributed by atoms with E-state index in [1.807, 2.05) is 24.3 Å². The molecule has 3 rings (SSSR count). The zero-order valence-corrected chi connectivity index (χ0v) is 12.4. The van der Waals surface area contributed by atoms with Crippen molar-refractivity contribution in [3.05, 3.63) is 47.2 Å². The molecule has 1 heterocycles. The van der Waals surface area contributed by atoms with E-state index in [0.717, 1.165) is 43.4 Å². The Balaban J connectivity index is 1.93. The zero-order valence-electron chi connectivity index (χ0n) is 11.6. The molecule has 1 saturated carbocycles. The van der Waals surface area contributed by atoms with Crippen molar-refractivity contribution in [2.75, 3.05) is 0 Å². The smallest absolute Gasteiger partial charge is 0.314 e. The lowest BCUT2D eigenvalue weighted by molar-refractivity contribution is -0.145. The first-order chi connectivity index (χ1) is 10.1. The molecule has 0 amide bonds. The molecule has 1 N–H and O–H groups in total. The standard InChI is InChI=1S/C16H17ClN2O2/c17-13-10-18-19(11-13)14-6-4-12(5-7-14)16(15(20)21)8-2-1-3-9-16/h4-7,10-11H,1-3,8-9H2,(H,20,21). The van der Waals surface area contributed by atoms with E-state index < -0.39 is 11.4 Å². The first kappa shape index (κ1) is 14.1. The number of aliphatic carboxylic acids is 1. The van der Waals surface area contributed by atoms with Crippen LogP contribution in [-0.2, 0) is 10.2 Å². The van der Waals surface area contributed by atoms with Gasteiger partial charge < -0.3 is 5.11 Å². The van der Waals surface area contributed by atoms with Gasteiger partial charge in [-0.25, -0.2) is 4.68 Å². The molecule has 0 spiro atoms. The third-order valence-electron chi connectivity index (χ3n) is 4.35. The van der Waals surface area contributed by atoms with Gasteiger partial charge in [-0.15, -0.1) is 0 Å². The monoisotopic (exact) mass is 304 g/mol. The highest BCUT2D eigenvalue weighted by Crippen LogP contribution is 2.39. The number of halogens is 1. The van der Waals surface area contributed by atoms with Gasteiger partial charge >= 0.3 is 5.97 Å². The van der Waals surface area contributed by atoms with Crippen molar-refractivity contribution < 1.29 is 9.90 Å². The molecule has 5 heteroatoms. The molecule has 110 valence electrons. The van der Waals surface area contributed by atoms with Crippen LogP contribution in [0, 0.1) is 0 Å². The van der Waals surface area contributed by atoms with Gasteiger partial charge in [-0.3, -0.25) is 4.79 Å². The highest BCUT2D eigenvalue weighted by atomic mass is 35.5. The van der Waals surface area contributed by atoms with Gasteiger partial charge in [-0.05, 0) is 30.5 Å². The van der Waals surface area contributed by atoms with Crippen LogP contribution in [0.5, 0.6) is 0 Å². The Morgan fingerprint density at radius 1 is 1.19 bits per heavy atom. The van der Waals surface area contributed by atoms with Crippen molar-refractivity contribution in [2.45, 2.75) is 37.5 Å². The number of carbonyl (C=O) groups is 1. The lowest BCUT2D eigenvalue weighted by Gasteiger charge is -2.33. The van der Waals surface area contributed by atoms with Gasteiger partial charge in [0, 0.05) is 6.20 Å². The van der Waals surface area contributed by atoms with E-state index in [9.17, 15) is 9.90 Å². The van der Waals surface area contributed by atoms with E-state index in [1.54, 1.807) is 17.1 Å². The summed E-state index contributed by atoms with van der Waals surface area (Å²) in [6.45, 7) is 0. The maximum absolute atomic E-state index is 11.8. The molecule has 1 aromatic heterocycles. The lowest BCUT2D eigenvalue weighted by atomic mass is 9.69.